The maximum Gasteiger partial charge on any atom is 0.250 e. The summed E-state index contributed by atoms with van der Waals surface area (Å²) in [4.78, 5) is 0. The highest BCUT2D eigenvalue weighted by Crippen LogP contribution is 2.65. The first-order valence-corrected chi connectivity index (χ1v) is 15.7. The summed E-state index contributed by atoms with van der Waals surface area (Å²) in [6.07, 6.45) is 14.0. The molecular formula is C23H40N2O4S2. The van der Waals surface area contributed by atoms with Gasteiger partial charge in [0.05, 0.1) is 12.0 Å². The Balaban J connectivity index is 1.72. The Hall–Kier alpha value is -0.470. The largest absolute Gasteiger partial charge is 0.250 e. The highest BCUT2D eigenvalue weighted by atomic mass is 32.2. The minimum Gasteiger partial charge on any atom is -0.212 e. The topological polar surface area (TPSA) is 83.9 Å². The lowest BCUT2D eigenvalue weighted by Crippen LogP contribution is -2.53. The summed E-state index contributed by atoms with van der Waals surface area (Å²) in [5.74, 6) is 0.325. The summed E-state index contributed by atoms with van der Waals surface area (Å²) in [5.41, 5.74) is -0.303. The van der Waals surface area contributed by atoms with Crippen LogP contribution in [0.1, 0.15) is 97.3 Å². The molecule has 0 unspecified atom stereocenters. The summed E-state index contributed by atoms with van der Waals surface area (Å²) >= 11 is 0. The van der Waals surface area contributed by atoms with Gasteiger partial charge in [0, 0.05) is 23.2 Å². The fourth-order valence-corrected chi connectivity index (χ4v) is 10.7. The minimum atomic E-state index is -3.56. The third-order valence-electron chi connectivity index (χ3n) is 9.06. The second kappa shape index (κ2) is 8.39. The predicted octanol–water partition coefficient (Wildman–Crippen LogP) is 4.51. The molecule has 6 nitrogen and oxygen atoms in total. The second-order valence-electron chi connectivity index (χ2n) is 11.2. The Morgan fingerprint density at radius 1 is 0.871 bits per heavy atom. The number of fused-ring (bicyclic) bond motifs is 2. The summed E-state index contributed by atoms with van der Waals surface area (Å²) in [6.45, 7) is 4.27. The fraction of sp³-hybridized carbons (Fsp3) is 0.957. The van der Waals surface area contributed by atoms with Crippen molar-refractivity contribution in [1.82, 2.24) is 4.31 Å². The van der Waals surface area contributed by atoms with Gasteiger partial charge in [0.25, 0.3) is 0 Å². The Morgan fingerprint density at radius 3 is 1.84 bits per heavy atom. The van der Waals surface area contributed by atoms with Crippen LogP contribution in [0.2, 0.25) is 0 Å². The maximum atomic E-state index is 14.2. The lowest BCUT2D eigenvalue weighted by Gasteiger charge is -2.44. The zero-order valence-electron chi connectivity index (χ0n) is 19.5. The van der Waals surface area contributed by atoms with E-state index in [2.05, 4.69) is 18.2 Å². The van der Waals surface area contributed by atoms with Gasteiger partial charge in [0.1, 0.15) is 0 Å². The van der Waals surface area contributed by atoms with Gasteiger partial charge < -0.3 is 0 Å². The van der Waals surface area contributed by atoms with Crippen LogP contribution in [0.25, 0.3) is 0 Å². The van der Waals surface area contributed by atoms with E-state index < -0.39 is 25.5 Å². The van der Waals surface area contributed by atoms with Crippen molar-refractivity contribution < 1.29 is 16.8 Å². The number of rotatable bonds is 6. The van der Waals surface area contributed by atoms with Gasteiger partial charge in [0.15, 0.2) is 0 Å². The molecule has 4 saturated carbocycles. The summed E-state index contributed by atoms with van der Waals surface area (Å²) in [7, 11) is -7.11. The van der Waals surface area contributed by atoms with E-state index in [0.29, 0.717) is 18.1 Å². The molecule has 0 spiro atoms. The Morgan fingerprint density at radius 2 is 1.39 bits per heavy atom. The molecule has 0 aromatic rings. The molecule has 4 aliphatic rings. The van der Waals surface area contributed by atoms with Crippen LogP contribution in [0.5, 0.6) is 0 Å². The standard InChI is InChI=1S/C23H40N2O4S2/c1-22(2)18-14-15-23(22,21(16-18)24-30(3,26)27)17-31(28,29)25(19-10-6-4-7-11-19)20-12-8-5-9-13-20/h18-20H,4-17H2,1-3H3/b24-21+/t18-,23-/m1/s1. The van der Waals surface area contributed by atoms with E-state index in [9.17, 15) is 16.8 Å². The van der Waals surface area contributed by atoms with Gasteiger partial charge in [-0.2, -0.15) is 8.70 Å². The Kier molecular flexibility index (Phi) is 6.41. The van der Waals surface area contributed by atoms with Gasteiger partial charge in [0.2, 0.25) is 20.0 Å². The molecule has 0 amide bonds. The van der Waals surface area contributed by atoms with E-state index in [1.807, 2.05) is 4.31 Å². The van der Waals surface area contributed by atoms with E-state index >= 15 is 0 Å². The average molecular weight is 473 g/mol. The minimum absolute atomic E-state index is 0.0187. The molecule has 0 aromatic carbocycles. The van der Waals surface area contributed by atoms with Gasteiger partial charge >= 0.3 is 0 Å². The molecule has 4 rings (SSSR count). The van der Waals surface area contributed by atoms with Crippen LogP contribution in [-0.4, -0.2) is 50.9 Å². The second-order valence-corrected chi connectivity index (χ2v) is 14.7. The zero-order chi connectivity index (χ0) is 22.5. The molecule has 0 aliphatic heterocycles. The van der Waals surface area contributed by atoms with Crippen molar-refractivity contribution in [3.8, 4) is 0 Å². The molecule has 0 heterocycles. The van der Waals surface area contributed by atoms with E-state index in [-0.39, 0.29) is 23.3 Å². The average Bonchev–Trinajstić information content (AvgIpc) is 3.03. The van der Waals surface area contributed by atoms with Crippen molar-refractivity contribution >= 4 is 25.8 Å². The molecule has 31 heavy (non-hydrogen) atoms. The normalized spacial score (nSPS) is 34.1. The van der Waals surface area contributed by atoms with Gasteiger partial charge in [-0.25, -0.2) is 16.8 Å². The lowest BCUT2D eigenvalue weighted by atomic mass is 9.70. The van der Waals surface area contributed by atoms with E-state index in [4.69, 9.17) is 0 Å². The van der Waals surface area contributed by atoms with E-state index in [1.165, 1.54) is 12.8 Å². The molecule has 0 aromatic heterocycles. The molecule has 0 radical (unpaired) electrons. The SMILES string of the molecule is CC1(C)[C@@H]2CC[C@@]1(CS(=O)(=O)N(C1CCCCC1)C1CCCCC1)/C(=N/S(C)(=O)=O)C2. The molecule has 178 valence electrons. The lowest BCUT2D eigenvalue weighted by molar-refractivity contribution is 0.160. The van der Waals surface area contributed by atoms with Crippen molar-refractivity contribution in [1.29, 1.82) is 0 Å². The van der Waals surface area contributed by atoms with Crippen LogP contribution < -0.4 is 0 Å². The first-order valence-electron chi connectivity index (χ1n) is 12.3. The van der Waals surface area contributed by atoms with Crippen molar-refractivity contribution in [3.63, 3.8) is 0 Å². The van der Waals surface area contributed by atoms with Gasteiger partial charge in [-0.3, -0.25) is 0 Å². The summed E-state index contributed by atoms with van der Waals surface area (Å²) < 4.78 is 58.6. The highest BCUT2D eigenvalue weighted by molar-refractivity contribution is 7.89. The summed E-state index contributed by atoms with van der Waals surface area (Å²) in [5, 5.41) is 0. The van der Waals surface area contributed by atoms with Gasteiger partial charge in [-0.05, 0) is 56.3 Å². The molecule has 0 saturated heterocycles. The Labute approximate surface area is 189 Å². The van der Waals surface area contributed by atoms with Crippen LogP contribution in [0, 0.1) is 16.7 Å². The molecule has 8 heteroatoms. The van der Waals surface area contributed by atoms with Crippen molar-refractivity contribution in [3.05, 3.63) is 0 Å². The number of hydrogen-bond acceptors (Lipinski definition) is 4. The van der Waals surface area contributed by atoms with Crippen LogP contribution >= 0.6 is 0 Å². The number of hydrogen-bond donors (Lipinski definition) is 0. The predicted molar refractivity (Wildman–Crippen MR) is 125 cm³/mol. The third-order valence-corrected chi connectivity index (χ3v) is 11.7. The van der Waals surface area contributed by atoms with Crippen LogP contribution in [-0.2, 0) is 20.0 Å². The smallest absolute Gasteiger partial charge is 0.212 e. The van der Waals surface area contributed by atoms with E-state index in [0.717, 1.165) is 70.5 Å². The molecule has 2 bridgehead atoms. The fourth-order valence-electron chi connectivity index (χ4n) is 7.27. The van der Waals surface area contributed by atoms with Crippen molar-refractivity contribution in [2.45, 2.75) is 109 Å². The first-order chi connectivity index (χ1) is 14.5. The first kappa shape index (κ1) is 23.7. The quantitative estimate of drug-likeness (QED) is 0.569. The summed E-state index contributed by atoms with van der Waals surface area (Å²) in [6, 6.07) is 0.213. The Bertz CT molecular complexity index is 895. The monoisotopic (exact) mass is 472 g/mol. The maximum absolute atomic E-state index is 14.2. The zero-order valence-corrected chi connectivity index (χ0v) is 21.1. The van der Waals surface area contributed by atoms with Gasteiger partial charge in [-0.1, -0.05) is 52.4 Å². The third kappa shape index (κ3) is 4.37. The molecule has 4 aliphatic carbocycles. The van der Waals surface area contributed by atoms with E-state index in [1.54, 1.807) is 0 Å². The van der Waals surface area contributed by atoms with Crippen LogP contribution in [0.4, 0.5) is 0 Å². The molecule has 2 atom stereocenters. The van der Waals surface area contributed by atoms with Crippen LogP contribution in [0.3, 0.4) is 0 Å². The van der Waals surface area contributed by atoms with Crippen molar-refractivity contribution in [2.75, 3.05) is 12.0 Å². The molecule has 4 fully saturated rings. The molecule has 0 N–H and O–H groups in total. The molecular weight excluding hydrogens is 432 g/mol. The van der Waals surface area contributed by atoms with Gasteiger partial charge in [-0.15, -0.1) is 0 Å². The van der Waals surface area contributed by atoms with Crippen molar-refractivity contribution in [2.24, 2.45) is 21.1 Å². The van der Waals surface area contributed by atoms with Crippen LogP contribution in [0.15, 0.2) is 4.40 Å². The number of nitrogens with zero attached hydrogens (tertiary/aromatic N) is 2. The number of sulfonamides is 2. The highest BCUT2D eigenvalue weighted by Gasteiger charge is 2.65.